The molecule has 0 aliphatic rings. The summed E-state index contributed by atoms with van der Waals surface area (Å²) >= 11 is 4.55. The van der Waals surface area contributed by atoms with Gasteiger partial charge < -0.3 is 5.73 Å². The maximum absolute atomic E-state index is 5.54. The number of nitrogens with two attached hydrogens (primary N) is 1. The molecule has 15 heavy (non-hydrogen) atoms. The predicted octanol–water partition coefficient (Wildman–Crippen LogP) is 1.78. The lowest BCUT2D eigenvalue weighted by molar-refractivity contribution is 0.952. The minimum absolute atomic E-state index is 0.460. The summed E-state index contributed by atoms with van der Waals surface area (Å²) in [7, 11) is 0. The first-order valence-electron chi connectivity index (χ1n) is 3.91. The first-order chi connectivity index (χ1) is 7.28. The minimum atomic E-state index is 0.460. The number of nitrogens with zero attached hydrogens (tertiary/aromatic N) is 4. The topological polar surface area (TPSA) is 77.6 Å². The van der Waals surface area contributed by atoms with Crippen LogP contribution in [0.3, 0.4) is 0 Å². The molecule has 2 aromatic heterocycles. The van der Waals surface area contributed by atoms with Gasteiger partial charge in [-0.2, -0.15) is 0 Å². The van der Waals surface area contributed by atoms with Gasteiger partial charge in [-0.3, -0.25) is 0 Å². The smallest absolute Gasteiger partial charge is 0.181 e. The summed E-state index contributed by atoms with van der Waals surface area (Å²) in [5, 5.41) is 8.79. The second-order valence-electron chi connectivity index (χ2n) is 2.42. The standard InChI is InChI=1S/C7H7N5S3/c1-13-6-11-12-7(15-6)14-5-2-4(8)9-3-10-5/h2-3H,1H3,(H2,8,9,10). The highest BCUT2D eigenvalue weighted by molar-refractivity contribution is 8.02. The molecule has 0 bridgehead atoms. The van der Waals surface area contributed by atoms with E-state index in [1.165, 1.54) is 29.4 Å². The van der Waals surface area contributed by atoms with Gasteiger partial charge >= 0.3 is 0 Å². The summed E-state index contributed by atoms with van der Waals surface area (Å²) in [5.74, 6) is 0.460. The lowest BCUT2D eigenvalue weighted by Crippen LogP contribution is -1.91. The number of rotatable bonds is 3. The van der Waals surface area contributed by atoms with E-state index >= 15 is 0 Å². The maximum Gasteiger partial charge on any atom is 0.181 e. The van der Waals surface area contributed by atoms with E-state index in [1.54, 1.807) is 17.8 Å². The van der Waals surface area contributed by atoms with Gasteiger partial charge in [0.1, 0.15) is 17.2 Å². The molecule has 0 saturated carbocycles. The maximum atomic E-state index is 5.54. The zero-order valence-corrected chi connectivity index (χ0v) is 10.2. The van der Waals surface area contributed by atoms with Crippen LogP contribution in [-0.2, 0) is 0 Å². The van der Waals surface area contributed by atoms with Crippen molar-refractivity contribution in [2.75, 3.05) is 12.0 Å². The molecule has 0 aliphatic heterocycles. The van der Waals surface area contributed by atoms with E-state index in [1.807, 2.05) is 6.26 Å². The summed E-state index contributed by atoms with van der Waals surface area (Å²) in [6.45, 7) is 0. The van der Waals surface area contributed by atoms with E-state index in [0.717, 1.165) is 13.7 Å². The first kappa shape index (κ1) is 10.7. The molecule has 0 fully saturated rings. The van der Waals surface area contributed by atoms with E-state index < -0.39 is 0 Å². The molecule has 2 rings (SSSR count). The number of thioether (sulfide) groups is 1. The molecular weight excluding hydrogens is 250 g/mol. The van der Waals surface area contributed by atoms with Crippen molar-refractivity contribution in [1.82, 2.24) is 20.2 Å². The second-order valence-corrected chi connectivity index (χ2v) is 5.72. The van der Waals surface area contributed by atoms with Gasteiger partial charge in [-0.25, -0.2) is 9.97 Å². The fourth-order valence-electron chi connectivity index (χ4n) is 0.820. The molecule has 8 heteroatoms. The molecule has 2 aromatic rings. The third-order valence-electron chi connectivity index (χ3n) is 1.42. The lowest BCUT2D eigenvalue weighted by Gasteiger charge is -1.95. The van der Waals surface area contributed by atoms with Crippen molar-refractivity contribution >= 4 is 40.7 Å². The summed E-state index contributed by atoms with van der Waals surface area (Å²) in [6, 6.07) is 1.71. The molecule has 0 spiro atoms. The van der Waals surface area contributed by atoms with Crippen LogP contribution in [-0.4, -0.2) is 26.4 Å². The fraction of sp³-hybridized carbons (Fsp3) is 0.143. The van der Waals surface area contributed by atoms with Crippen LogP contribution in [0.15, 0.2) is 26.1 Å². The Morgan fingerprint density at radius 3 is 2.73 bits per heavy atom. The quantitative estimate of drug-likeness (QED) is 0.663. The van der Waals surface area contributed by atoms with E-state index in [4.69, 9.17) is 5.73 Å². The Morgan fingerprint density at radius 2 is 2.07 bits per heavy atom. The van der Waals surface area contributed by atoms with Gasteiger partial charge in [0, 0.05) is 6.07 Å². The van der Waals surface area contributed by atoms with Crippen LogP contribution in [0.4, 0.5) is 5.82 Å². The average Bonchev–Trinajstić information content (AvgIpc) is 2.65. The van der Waals surface area contributed by atoms with Crippen LogP contribution in [0.1, 0.15) is 0 Å². The van der Waals surface area contributed by atoms with Gasteiger partial charge in [0.05, 0.1) is 0 Å². The van der Waals surface area contributed by atoms with Crippen LogP contribution >= 0.6 is 34.9 Å². The Hall–Kier alpha value is -0.860. The van der Waals surface area contributed by atoms with E-state index in [2.05, 4.69) is 20.2 Å². The predicted molar refractivity (Wildman–Crippen MR) is 62.3 cm³/mol. The number of hydrogen-bond donors (Lipinski definition) is 1. The largest absolute Gasteiger partial charge is 0.384 e. The normalized spacial score (nSPS) is 10.5. The third kappa shape index (κ3) is 2.80. The van der Waals surface area contributed by atoms with Gasteiger partial charge in [0.15, 0.2) is 8.68 Å². The Kier molecular flexibility index (Phi) is 3.39. The molecular formula is C7H7N5S3. The van der Waals surface area contributed by atoms with Crippen molar-refractivity contribution in [2.45, 2.75) is 13.7 Å². The molecule has 0 radical (unpaired) electrons. The van der Waals surface area contributed by atoms with Crippen molar-refractivity contribution in [2.24, 2.45) is 0 Å². The number of hydrogen-bond acceptors (Lipinski definition) is 8. The van der Waals surface area contributed by atoms with E-state index in [-0.39, 0.29) is 0 Å². The van der Waals surface area contributed by atoms with Crippen LogP contribution in [0.2, 0.25) is 0 Å². The van der Waals surface area contributed by atoms with Crippen molar-refractivity contribution in [3.05, 3.63) is 12.4 Å². The molecule has 2 N–H and O–H groups in total. The van der Waals surface area contributed by atoms with Crippen molar-refractivity contribution in [1.29, 1.82) is 0 Å². The van der Waals surface area contributed by atoms with Gasteiger partial charge in [-0.1, -0.05) is 23.1 Å². The van der Waals surface area contributed by atoms with Crippen molar-refractivity contribution in [3.63, 3.8) is 0 Å². The molecule has 0 aliphatic carbocycles. The van der Waals surface area contributed by atoms with Gasteiger partial charge in [-0.15, -0.1) is 10.2 Å². The minimum Gasteiger partial charge on any atom is -0.384 e. The van der Waals surface area contributed by atoms with Crippen LogP contribution in [0.5, 0.6) is 0 Å². The summed E-state index contributed by atoms with van der Waals surface area (Å²) in [6.07, 6.45) is 3.41. The Labute approximate surface area is 98.9 Å². The lowest BCUT2D eigenvalue weighted by atomic mass is 10.6. The number of nitrogen functional groups attached to an aromatic ring is 1. The molecule has 0 saturated heterocycles. The molecule has 0 atom stereocenters. The highest BCUT2D eigenvalue weighted by atomic mass is 32.2. The second kappa shape index (κ2) is 4.77. The van der Waals surface area contributed by atoms with Crippen LogP contribution in [0, 0.1) is 0 Å². The molecule has 78 valence electrons. The van der Waals surface area contributed by atoms with Crippen LogP contribution < -0.4 is 5.73 Å². The summed E-state index contributed by atoms with van der Waals surface area (Å²) < 4.78 is 1.80. The third-order valence-corrected chi connectivity index (χ3v) is 4.30. The zero-order chi connectivity index (χ0) is 10.7. The average molecular weight is 257 g/mol. The monoisotopic (exact) mass is 257 g/mol. The Bertz CT molecular complexity index is 457. The highest BCUT2D eigenvalue weighted by Gasteiger charge is 2.06. The van der Waals surface area contributed by atoms with Gasteiger partial charge in [-0.05, 0) is 18.0 Å². The van der Waals surface area contributed by atoms with Crippen molar-refractivity contribution < 1.29 is 0 Å². The molecule has 0 aromatic carbocycles. The van der Waals surface area contributed by atoms with E-state index in [9.17, 15) is 0 Å². The van der Waals surface area contributed by atoms with Gasteiger partial charge in [0.2, 0.25) is 0 Å². The molecule has 0 amide bonds. The molecule has 5 nitrogen and oxygen atoms in total. The first-order valence-corrected chi connectivity index (χ1v) is 6.76. The fourth-order valence-corrected chi connectivity index (χ4v) is 3.18. The number of aromatic nitrogens is 4. The van der Waals surface area contributed by atoms with Crippen molar-refractivity contribution in [3.8, 4) is 0 Å². The molecule has 0 unspecified atom stereocenters. The zero-order valence-electron chi connectivity index (χ0n) is 7.75. The summed E-state index contributed by atoms with van der Waals surface area (Å²) in [5.41, 5.74) is 5.54. The number of anilines is 1. The SMILES string of the molecule is CSc1nnc(Sc2cc(N)ncn2)s1. The van der Waals surface area contributed by atoms with Gasteiger partial charge in [0.25, 0.3) is 0 Å². The van der Waals surface area contributed by atoms with E-state index in [0.29, 0.717) is 5.82 Å². The summed E-state index contributed by atoms with van der Waals surface area (Å²) in [4.78, 5) is 7.89. The molecule has 2 heterocycles. The Balaban J connectivity index is 2.14. The Morgan fingerprint density at radius 1 is 1.27 bits per heavy atom. The van der Waals surface area contributed by atoms with Crippen LogP contribution in [0.25, 0.3) is 0 Å². The highest BCUT2D eigenvalue weighted by Crippen LogP contribution is 2.31.